The van der Waals surface area contributed by atoms with E-state index in [9.17, 15) is 0 Å². The maximum absolute atomic E-state index is 6.32. The molecule has 0 saturated heterocycles. The minimum atomic E-state index is 0.883. The highest BCUT2D eigenvalue weighted by Gasteiger charge is 2.22. The second-order valence-corrected chi connectivity index (χ2v) is 17.1. The summed E-state index contributed by atoms with van der Waals surface area (Å²) >= 11 is 1.88. The van der Waals surface area contributed by atoms with Gasteiger partial charge in [-0.1, -0.05) is 158 Å². The highest BCUT2D eigenvalue weighted by molar-refractivity contribution is 7.27. The summed E-state index contributed by atoms with van der Waals surface area (Å²) in [6, 6.07) is 79.2. The van der Waals surface area contributed by atoms with Crippen LogP contribution in [0.4, 0.5) is 17.1 Å². The smallest absolute Gasteiger partial charge is 0.135 e. The van der Waals surface area contributed by atoms with Gasteiger partial charge in [-0.25, -0.2) is 0 Å². The van der Waals surface area contributed by atoms with Crippen molar-refractivity contribution in [3.63, 3.8) is 0 Å². The standard InChI is InChI=1S/C58H36N2OS/c1-3-13-38(14-4-1)45-20-11-21-49-50-22-12-23-52(58(50)62-57(45)49)59(43-31-34-55-51(36-43)47-19-9-10-24-54(47)61-55)42-29-25-37(26-30-42)40-28-32-46-48-33-27-39-15-7-8-18-44(39)56(48)60(53(46)35-40)41-16-5-2-6-17-41/h1-36H. The van der Waals surface area contributed by atoms with Crippen LogP contribution < -0.4 is 4.90 Å². The van der Waals surface area contributed by atoms with Crippen LogP contribution in [0.1, 0.15) is 0 Å². The van der Waals surface area contributed by atoms with Crippen LogP contribution in [-0.4, -0.2) is 4.57 Å². The summed E-state index contributed by atoms with van der Waals surface area (Å²) in [5, 5.41) is 9.74. The molecular formula is C58H36N2OS. The fraction of sp³-hybridized carbons (Fsp3) is 0. The molecule has 0 spiro atoms. The van der Waals surface area contributed by atoms with Gasteiger partial charge in [-0.3, -0.25) is 0 Å². The molecule has 3 aromatic heterocycles. The fourth-order valence-electron chi connectivity index (χ4n) is 9.71. The fourth-order valence-corrected chi connectivity index (χ4v) is 11.1. The summed E-state index contributed by atoms with van der Waals surface area (Å²) < 4.78 is 11.3. The Hall–Kier alpha value is -7.92. The molecule has 290 valence electrons. The molecule has 3 nitrogen and oxygen atoms in total. The summed E-state index contributed by atoms with van der Waals surface area (Å²) in [6.45, 7) is 0. The Bertz CT molecular complexity index is 3860. The van der Waals surface area contributed by atoms with Crippen molar-refractivity contribution in [2.75, 3.05) is 4.90 Å². The summed E-state index contributed by atoms with van der Waals surface area (Å²) in [5.74, 6) is 0. The Morgan fingerprint density at radius 1 is 0.387 bits per heavy atom. The molecule has 62 heavy (non-hydrogen) atoms. The molecule has 0 bridgehead atoms. The van der Waals surface area contributed by atoms with E-state index >= 15 is 0 Å². The van der Waals surface area contributed by atoms with Crippen molar-refractivity contribution >= 4 is 103 Å². The van der Waals surface area contributed by atoms with Gasteiger partial charge in [0.2, 0.25) is 0 Å². The van der Waals surface area contributed by atoms with Crippen LogP contribution >= 0.6 is 11.3 Å². The number of rotatable bonds is 6. The topological polar surface area (TPSA) is 21.3 Å². The molecule has 13 aromatic rings. The van der Waals surface area contributed by atoms with Crippen LogP contribution in [-0.2, 0) is 0 Å². The molecule has 0 aliphatic carbocycles. The molecule has 10 aromatic carbocycles. The van der Waals surface area contributed by atoms with Crippen molar-refractivity contribution in [2.45, 2.75) is 0 Å². The molecule has 4 heteroatoms. The number of thiophene rings is 1. The Labute approximate surface area is 361 Å². The third-order valence-electron chi connectivity index (χ3n) is 12.6. The minimum absolute atomic E-state index is 0.883. The first-order chi connectivity index (χ1) is 30.7. The van der Waals surface area contributed by atoms with E-state index in [1.165, 1.54) is 69.4 Å². The maximum Gasteiger partial charge on any atom is 0.135 e. The van der Waals surface area contributed by atoms with Crippen LogP contribution in [0.15, 0.2) is 223 Å². The summed E-state index contributed by atoms with van der Waals surface area (Å²) in [7, 11) is 0. The van der Waals surface area contributed by atoms with E-state index < -0.39 is 0 Å². The molecule has 3 heterocycles. The summed E-state index contributed by atoms with van der Waals surface area (Å²) in [6.07, 6.45) is 0. The van der Waals surface area contributed by atoms with E-state index in [4.69, 9.17) is 4.42 Å². The highest BCUT2D eigenvalue weighted by atomic mass is 32.1. The second kappa shape index (κ2) is 13.8. The van der Waals surface area contributed by atoms with Crippen LogP contribution in [0.2, 0.25) is 0 Å². The van der Waals surface area contributed by atoms with E-state index in [0.29, 0.717) is 0 Å². The van der Waals surface area contributed by atoms with E-state index in [1.54, 1.807) is 0 Å². The molecule has 13 rings (SSSR count). The summed E-state index contributed by atoms with van der Waals surface area (Å²) in [4.78, 5) is 2.42. The molecule has 0 fully saturated rings. The highest BCUT2D eigenvalue weighted by Crippen LogP contribution is 2.48. The number of aromatic nitrogens is 1. The molecule has 0 atom stereocenters. The van der Waals surface area contributed by atoms with Gasteiger partial charge >= 0.3 is 0 Å². The lowest BCUT2D eigenvalue weighted by molar-refractivity contribution is 0.669. The van der Waals surface area contributed by atoms with Gasteiger partial charge < -0.3 is 13.9 Å². The normalized spacial score (nSPS) is 11.9. The van der Waals surface area contributed by atoms with Crippen molar-refractivity contribution < 1.29 is 4.42 Å². The number of para-hydroxylation sites is 2. The number of furan rings is 1. The van der Waals surface area contributed by atoms with Crippen LogP contribution in [0.25, 0.3) is 103 Å². The number of benzene rings is 10. The average molecular weight is 809 g/mol. The first-order valence-electron chi connectivity index (χ1n) is 21.1. The van der Waals surface area contributed by atoms with Gasteiger partial charge in [0.05, 0.1) is 21.4 Å². The first-order valence-corrected chi connectivity index (χ1v) is 21.9. The van der Waals surface area contributed by atoms with Crippen molar-refractivity contribution in [2.24, 2.45) is 0 Å². The Morgan fingerprint density at radius 2 is 1.05 bits per heavy atom. The van der Waals surface area contributed by atoms with Gasteiger partial charge in [0.15, 0.2) is 0 Å². The van der Waals surface area contributed by atoms with E-state index in [0.717, 1.165) is 50.3 Å². The number of fused-ring (bicyclic) bond motifs is 11. The van der Waals surface area contributed by atoms with E-state index in [-0.39, 0.29) is 0 Å². The largest absolute Gasteiger partial charge is 0.456 e. The molecule has 0 N–H and O–H groups in total. The van der Waals surface area contributed by atoms with Gasteiger partial charge in [-0.2, -0.15) is 0 Å². The third kappa shape index (κ3) is 5.37. The SMILES string of the molecule is c1ccc(-c2cccc3c2sc2c(N(c4ccc(-c5ccc6c7ccc8ccccc8c7n(-c7ccccc7)c6c5)cc4)c4ccc5oc6ccccc6c5c4)cccc23)cc1. The van der Waals surface area contributed by atoms with Gasteiger partial charge in [0, 0.05) is 59.5 Å². The molecule has 0 aliphatic heterocycles. The molecule has 0 radical (unpaired) electrons. The zero-order valence-electron chi connectivity index (χ0n) is 33.5. The summed E-state index contributed by atoms with van der Waals surface area (Å²) in [5.41, 5.74) is 13.5. The number of anilines is 3. The number of nitrogens with zero attached hydrogens (tertiary/aromatic N) is 2. The quantitative estimate of drug-likeness (QED) is 0.167. The van der Waals surface area contributed by atoms with Crippen LogP contribution in [0.3, 0.4) is 0 Å². The van der Waals surface area contributed by atoms with E-state index in [1.807, 2.05) is 23.5 Å². The zero-order chi connectivity index (χ0) is 40.7. The average Bonchev–Trinajstić information content (AvgIpc) is 4.02. The van der Waals surface area contributed by atoms with Gasteiger partial charge in [-0.15, -0.1) is 11.3 Å². The van der Waals surface area contributed by atoms with Crippen molar-refractivity contribution in [1.29, 1.82) is 0 Å². The second-order valence-electron chi connectivity index (χ2n) is 16.1. The predicted octanol–water partition coefficient (Wildman–Crippen LogP) is 17.0. The van der Waals surface area contributed by atoms with Gasteiger partial charge in [0.1, 0.15) is 11.2 Å². The van der Waals surface area contributed by atoms with Crippen LogP contribution in [0, 0.1) is 0 Å². The van der Waals surface area contributed by atoms with Crippen molar-refractivity contribution in [3.05, 3.63) is 218 Å². The molecular weight excluding hydrogens is 773 g/mol. The number of hydrogen-bond acceptors (Lipinski definition) is 3. The Morgan fingerprint density at radius 3 is 1.90 bits per heavy atom. The lowest BCUT2D eigenvalue weighted by Crippen LogP contribution is -2.10. The van der Waals surface area contributed by atoms with Crippen molar-refractivity contribution in [3.8, 4) is 27.9 Å². The lowest BCUT2D eigenvalue weighted by Gasteiger charge is -2.26. The zero-order valence-corrected chi connectivity index (χ0v) is 34.3. The predicted molar refractivity (Wildman–Crippen MR) is 264 cm³/mol. The lowest BCUT2D eigenvalue weighted by atomic mass is 10.0. The molecule has 0 unspecified atom stereocenters. The third-order valence-corrected chi connectivity index (χ3v) is 13.9. The Kier molecular flexibility index (Phi) is 7.78. The number of hydrogen-bond donors (Lipinski definition) is 0. The molecule has 0 aliphatic rings. The maximum atomic E-state index is 6.32. The van der Waals surface area contributed by atoms with Gasteiger partial charge in [-0.05, 0) is 88.3 Å². The first kappa shape index (κ1) is 34.9. The van der Waals surface area contributed by atoms with Crippen LogP contribution in [0.5, 0.6) is 0 Å². The van der Waals surface area contributed by atoms with Crippen molar-refractivity contribution in [1.82, 2.24) is 4.57 Å². The van der Waals surface area contributed by atoms with Gasteiger partial charge in [0.25, 0.3) is 0 Å². The Balaban J connectivity index is 0.994. The monoisotopic (exact) mass is 808 g/mol. The van der Waals surface area contributed by atoms with E-state index in [2.05, 4.69) is 216 Å². The molecule has 0 amide bonds. The molecule has 0 saturated carbocycles. The minimum Gasteiger partial charge on any atom is -0.456 e.